The number of aliphatic carboxylic acids is 1. The lowest BCUT2D eigenvalue weighted by Crippen LogP contribution is -2.16. The molecular formula is C12H13F3O4. The third-order valence-corrected chi connectivity index (χ3v) is 2.11. The summed E-state index contributed by atoms with van der Waals surface area (Å²) in [6.07, 6.45) is -3.58. The number of benzene rings is 1. The van der Waals surface area contributed by atoms with Gasteiger partial charge < -0.3 is 14.6 Å². The first-order valence-corrected chi connectivity index (χ1v) is 5.57. The van der Waals surface area contributed by atoms with Crippen LogP contribution in [0.15, 0.2) is 24.3 Å². The molecule has 0 unspecified atom stereocenters. The van der Waals surface area contributed by atoms with E-state index in [1.165, 1.54) is 12.1 Å². The van der Waals surface area contributed by atoms with Gasteiger partial charge in [0.1, 0.15) is 11.5 Å². The highest BCUT2D eigenvalue weighted by atomic mass is 19.4. The predicted molar refractivity (Wildman–Crippen MR) is 60.1 cm³/mol. The molecule has 1 N–H and O–H groups in total. The van der Waals surface area contributed by atoms with Gasteiger partial charge in [0.05, 0.1) is 6.61 Å². The summed E-state index contributed by atoms with van der Waals surface area (Å²) in [4.78, 5) is 10.2. The second-order valence-corrected chi connectivity index (χ2v) is 3.72. The number of halogens is 3. The fourth-order valence-corrected chi connectivity index (χ4v) is 1.31. The third-order valence-electron chi connectivity index (χ3n) is 2.11. The van der Waals surface area contributed by atoms with Crippen molar-refractivity contribution in [3.8, 4) is 11.5 Å². The summed E-state index contributed by atoms with van der Waals surface area (Å²) >= 11 is 0. The third kappa shape index (κ3) is 7.17. The van der Waals surface area contributed by atoms with Crippen LogP contribution in [0, 0.1) is 0 Å². The van der Waals surface area contributed by atoms with Gasteiger partial charge in [-0.25, -0.2) is 0 Å². The molecule has 1 aromatic carbocycles. The largest absolute Gasteiger partial charge is 0.573 e. The zero-order valence-electron chi connectivity index (χ0n) is 9.94. The molecule has 0 bridgehead atoms. The zero-order chi connectivity index (χ0) is 14.3. The monoisotopic (exact) mass is 278 g/mol. The van der Waals surface area contributed by atoms with E-state index in [4.69, 9.17) is 9.84 Å². The number of hydrogen-bond acceptors (Lipinski definition) is 3. The van der Waals surface area contributed by atoms with E-state index in [9.17, 15) is 18.0 Å². The first-order chi connectivity index (χ1) is 8.87. The molecule has 0 aliphatic rings. The maximum atomic E-state index is 11.9. The van der Waals surface area contributed by atoms with E-state index >= 15 is 0 Å². The smallest absolute Gasteiger partial charge is 0.494 e. The molecule has 0 spiro atoms. The van der Waals surface area contributed by atoms with E-state index in [-0.39, 0.29) is 12.2 Å². The van der Waals surface area contributed by atoms with E-state index in [2.05, 4.69) is 4.74 Å². The Balaban J connectivity index is 2.30. The molecule has 0 aliphatic heterocycles. The van der Waals surface area contributed by atoms with E-state index in [0.29, 0.717) is 25.2 Å². The van der Waals surface area contributed by atoms with Gasteiger partial charge in [-0.1, -0.05) is 0 Å². The fraction of sp³-hybridized carbons (Fsp3) is 0.417. The van der Waals surface area contributed by atoms with Crippen molar-refractivity contribution in [2.45, 2.75) is 25.6 Å². The van der Waals surface area contributed by atoms with Gasteiger partial charge in [0.15, 0.2) is 0 Å². The molecule has 0 radical (unpaired) electrons. The van der Waals surface area contributed by atoms with Crippen LogP contribution in [0.3, 0.4) is 0 Å². The lowest BCUT2D eigenvalue weighted by molar-refractivity contribution is -0.274. The van der Waals surface area contributed by atoms with Crippen LogP contribution in [0.25, 0.3) is 0 Å². The normalized spacial score (nSPS) is 11.1. The highest BCUT2D eigenvalue weighted by Gasteiger charge is 2.30. The number of hydrogen-bond donors (Lipinski definition) is 1. The molecule has 1 aromatic rings. The number of carboxylic acids is 1. The van der Waals surface area contributed by atoms with Crippen molar-refractivity contribution < 1.29 is 32.5 Å². The van der Waals surface area contributed by atoms with Crippen molar-refractivity contribution in [1.82, 2.24) is 0 Å². The van der Waals surface area contributed by atoms with E-state index < -0.39 is 12.3 Å². The minimum atomic E-state index is -4.71. The van der Waals surface area contributed by atoms with E-state index in [1.54, 1.807) is 0 Å². The molecule has 1 rings (SSSR count). The van der Waals surface area contributed by atoms with Crippen molar-refractivity contribution in [3.63, 3.8) is 0 Å². The van der Waals surface area contributed by atoms with Gasteiger partial charge in [-0.15, -0.1) is 13.2 Å². The van der Waals surface area contributed by atoms with Gasteiger partial charge >= 0.3 is 12.3 Å². The second-order valence-electron chi connectivity index (χ2n) is 3.72. The number of ether oxygens (including phenoxy) is 2. The highest BCUT2D eigenvalue weighted by molar-refractivity contribution is 5.66. The van der Waals surface area contributed by atoms with Crippen molar-refractivity contribution in [3.05, 3.63) is 24.3 Å². The Labute approximate surface area is 107 Å². The zero-order valence-corrected chi connectivity index (χ0v) is 9.94. The Bertz CT molecular complexity index is 400. The molecule has 0 saturated heterocycles. The van der Waals surface area contributed by atoms with Crippen LogP contribution < -0.4 is 9.47 Å². The summed E-state index contributed by atoms with van der Waals surface area (Å²) in [7, 11) is 0. The Kier molecular flexibility index (Phi) is 5.47. The predicted octanol–water partition coefficient (Wildman–Crippen LogP) is 3.22. The summed E-state index contributed by atoms with van der Waals surface area (Å²) in [6, 6.07) is 5.02. The van der Waals surface area contributed by atoms with Crippen LogP contribution in [0.2, 0.25) is 0 Å². The summed E-state index contributed by atoms with van der Waals surface area (Å²) < 4.78 is 44.6. The average molecular weight is 278 g/mol. The van der Waals surface area contributed by atoms with Gasteiger partial charge in [0.2, 0.25) is 0 Å². The molecule has 4 nitrogen and oxygen atoms in total. The van der Waals surface area contributed by atoms with Crippen LogP contribution in [0.4, 0.5) is 13.2 Å². The van der Waals surface area contributed by atoms with E-state index in [0.717, 1.165) is 12.1 Å². The van der Waals surface area contributed by atoms with Crippen LogP contribution in [-0.4, -0.2) is 24.0 Å². The average Bonchev–Trinajstić information content (AvgIpc) is 2.28. The molecule has 0 amide bonds. The van der Waals surface area contributed by atoms with E-state index in [1.807, 2.05) is 0 Å². The van der Waals surface area contributed by atoms with Gasteiger partial charge in [-0.3, -0.25) is 4.79 Å². The molecule has 19 heavy (non-hydrogen) atoms. The maximum Gasteiger partial charge on any atom is 0.573 e. The van der Waals surface area contributed by atoms with Crippen LogP contribution in [-0.2, 0) is 4.79 Å². The van der Waals surface area contributed by atoms with Crippen molar-refractivity contribution in [2.75, 3.05) is 6.61 Å². The summed E-state index contributed by atoms with van der Waals surface area (Å²) in [6.45, 7) is 0.312. The minimum Gasteiger partial charge on any atom is -0.494 e. The molecule has 0 heterocycles. The SMILES string of the molecule is O=C(O)CCCCOc1ccc(OC(F)(F)F)cc1. The number of rotatable bonds is 7. The standard InChI is InChI=1S/C12H13F3O4/c13-12(14,15)19-10-6-4-9(5-7-10)18-8-2-1-3-11(16)17/h4-7H,1-3,8H2,(H,16,17). The minimum absolute atomic E-state index is 0.0712. The van der Waals surface area contributed by atoms with Crippen LogP contribution in [0.1, 0.15) is 19.3 Å². The van der Waals surface area contributed by atoms with Crippen molar-refractivity contribution >= 4 is 5.97 Å². The Morgan fingerprint density at radius 3 is 2.21 bits per heavy atom. The first kappa shape index (κ1) is 15.1. The number of carboxylic acid groups (broad SMARTS) is 1. The highest BCUT2D eigenvalue weighted by Crippen LogP contribution is 2.24. The molecule has 0 saturated carbocycles. The van der Waals surface area contributed by atoms with Gasteiger partial charge in [-0.2, -0.15) is 0 Å². The molecule has 0 aromatic heterocycles. The fourth-order valence-electron chi connectivity index (χ4n) is 1.31. The quantitative estimate of drug-likeness (QED) is 0.778. The Hall–Kier alpha value is -1.92. The second kappa shape index (κ2) is 6.86. The van der Waals surface area contributed by atoms with Gasteiger partial charge in [-0.05, 0) is 37.1 Å². The lowest BCUT2D eigenvalue weighted by Gasteiger charge is -2.10. The summed E-state index contributed by atoms with van der Waals surface area (Å²) in [5.41, 5.74) is 0. The molecule has 0 aliphatic carbocycles. The topological polar surface area (TPSA) is 55.8 Å². The Morgan fingerprint density at radius 2 is 1.68 bits per heavy atom. The van der Waals surface area contributed by atoms with Gasteiger partial charge in [0, 0.05) is 6.42 Å². The molecule has 7 heteroatoms. The van der Waals surface area contributed by atoms with Crippen LogP contribution in [0.5, 0.6) is 11.5 Å². The Morgan fingerprint density at radius 1 is 1.11 bits per heavy atom. The first-order valence-electron chi connectivity index (χ1n) is 5.57. The van der Waals surface area contributed by atoms with Gasteiger partial charge in [0.25, 0.3) is 0 Å². The molecule has 0 atom stereocenters. The lowest BCUT2D eigenvalue weighted by atomic mass is 10.2. The molecule has 0 fully saturated rings. The number of unbranched alkanes of at least 4 members (excludes halogenated alkanes) is 1. The number of alkyl halides is 3. The molecular weight excluding hydrogens is 265 g/mol. The van der Waals surface area contributed by atoms with Crippen molar-refractivity contribution in [2.24, 2.45) is 0 Å². The summed E-state index contributed by atoms with van der Waals surface area (Å²) in [5, 5.41) is 8.41. The molecule has 106 valence electrons. The van der Waals surface area contributed by atoms with Crippen molar-refractivity contribution in [1.29, 1.82) is 0 Å². The number of carbonyl (C=O) groups is 1. The maximum absolute atomic E-state index is 11.9. The summed E-state index contributed by atoms with van der Waals surface area (Å²) in [5.74, 6) is -0.774. The van der Waals surface area contributed by atoms with Crippen LogP contribution >= 0.6 is 0 Å².